The van der Waals surface area contributed by atoms with Crippen molar-refractivity contribution in [2.75, 3.05) is 40.9 Å². The van der Waals surface area contributed by atoms with Crippen LogP contribution in [0.5, 0.6) is 0 Å². The van der Waals surface area contributed by atoms with Crippen molar-refractivity contribution in [2.45, 2.75) is 380 Å². The normalized spacial score (nSPS) is 13.6. The number of quaternary nitrogens is 1. The first-order valence-corrected chi connectivity index (χ1v) is 37.2. The molecule has 0 aromatic heterocycles. The number of phosphoric acid groups is 1. The summed E-state index contributed by atoms with van der Waals surface area (Å²) in [5.74, 6) is -0.482. The largest absolute Gasteiger partial charge is 0.472 e. The molecule has 2 N–H and O–H groups in total. The van der Waals surface area contributed by atoms with Gasteiger partial charge in [-0.1, -0.05) is 322 Å². The third kappa shape index (κ3) is 62.8. The van der Waals surface area contributed by atoms with Gasteiger partial charge in [-0.25, -0.2) is 4.57 Å². The van der Waals surface area contributed by atoms with Gasteiger partial charge in [0.2, 0.25) is 5.91 Å². The van der Waals surface area contributed by atoms with Crippen LogP contribution in [0.4, 0.5) is 0 Å². The van der Waals surface area contributed by atoms with Crippen LogP contribution in [0.3, 0.4) is 0 Å². The smallest absolute Gasteiger partial charge is 0.456 e. The number of hydrogen-bond acceptors (Lipinski definition) is 6. The van der Waals surface area contributed by atoms with Gasteiger partial charge in [0, 0.05) is 12.8 Å². The monoisotopic (exact) mass is 1160 g/mol. The van der Waals surface area contributed by atoms with Crippen molar-refractivity contribution in [3.8, 4) is 0 Å². The summed E-state index contributed by atoms with van der Waals surface area (Å²) in [7, 11) is 1.52. The molecular formula is C71H140N2O7P+. The molecule has 9 nitrogen and oxygen atoms in total. The van der Waals surface area contributed by atoms with E-state index < -0.39 is 20.0 Å². The molecule has 0 aliphatic heterocycles. The number of phosphoric ester groups is 1. The third-order valence-electron chi connectivity index (χ3n) is 16.4. The number of rotatable bonds is 66. The molecule has 1 amide bonds. The number of nitrogens with one attached hydrogen (secondary N) is 1. The second-order valence-electron chi connectivity index (χ2n) is 25.8. The summed E-state index contributed by atoms with van der Waals surface area (Å²) in [5, 5.41) is 3.08. The molecule has 0 aliphatic rings. The molecule has 0 rings (SSSR count). The predicted octanol–water partition coefficient (Wildman–Crippen LogP) is 22.5. The number of esters is 1. The number of nitrogens with zero attached hydrogens (tertiary/aromatic N) is 1. The maximum Gasteiger partial charge on any atom is 0.472 e. The number of likely N-dealkylation sites (N-methyl/N-ethyl adjacent to an activating group) is 1. The lowest BCUT2D eigenvalue weighted by atomic mass is 10.0. The van der Waals surface area contributed by atoms with Crippen molar-refractivity contribution in [1.82, 2.24) is 5.32 Å². The first-order chi connectivity index (χ1) is 39.4. The van der Waals surface area contributed by atoms with Gasteiger partial charge in [-0.3, -0.25) is 18.6 Å². The van der Waals surface area contributed by atoms with Crippen LogP contribution in [0.25, 0.3) is 0 Å². The van der Waals surface area contributed by atoms with Gasteiger partial charge < -0.3 is 19.4 Å². The van der Waals surface area contributed by atoms with Gasteiger partial charge in [-0.05, 0) is 57.4 Å². The molecular weight excluding hydrogens is 1020 g/mol. The van der Waals surface area contributed by atoms with Crippen molar-refractivity contribution < 1.29 is 37.3 Å². The molecule has 0 saturated heterocycles. The lowest BCUT2D eigenvalue weighted by Crippen LogP contribution is -2.47. The fourth-order valence-corrected chi connectivity index (χ4v) is 11.6. The molecule has 0 bridgehead atoms. The topological polar surface area (TPSA) is 111 Å². The van der Waals surface area contributed by atoms with Crippen molar-refractivity contribution in [3.63, 3.8) is 0 Å². The Morgan fingerprint density at radius 3 is 1.05 bits per heavy atom. The van der Waals surface area contributed by atoms with Gasteiger partial charge in [0.25, 0.3) is 0 Å². The molecule has 0 aliphatic carbocycles. The minimum atomic E-state index is -4.45. The molecule has 0 aromatic carbocycles. The zero-order valence-electron chi connectivity index (χ0n) is 55.1. The molecule has 0 fully saturated rings. The van der Waals surface area contributed by atoms with Crippen molar-refractivity contribution in [2.24, 2.45) is 0 Å². The molecule has 0 saturated carbocycles. The van der Waals surface area contributed by atoms with E-state index in [-0.39, 0.29) is 25.1 Å². The first kappa shape index (κ1) is 79.5. The summed E-state index contributed by atoms with van der Waals surface area (Å²) in [6, 6.07) is -0.842. The lowest BCUT2D eigenvalue weighted by Gasteiger charge is -2.27. The summed E-state index contributed by atoms with van der Waals surface area (Å²) < 4.78 is 30.8. The van der Waals surface area contributed by atoms with Crippen LogP contribution in [-0.2, 0) is 27.9 Å². The average Bonchev–Trinajstić information content (AvgIpc) is 3.43. The van der Waals surface area contributed by atoms with Crippen LogP contribution in [0.15, 0.2) is 24.3 Å². The Labute approximate surface area is 504 Å². The van der Waals surface area contributed by atoms with E-state index in [2.05, 4.69) is 38.2 Å². The number of amides is 1. The Morgan fingerprint density at radius 2 is 0.716 bits per heavy atom. The Balaban J connectivity index is 4.93. The molecule has 0 spiro atoms. The van der Waals surface area contributed by atoms with E-state index in [4.69, 9.17) is 13.8 Å². The summed E-state index contributed by atoms with van der Waals surface area (Å²) in [6.07, 6.45) is 74.8. The van der Waals surface area contributed by atoms with Crippen LogP contribution >= 0.6 is 7.82 Å². The summed E-state index contributed by atoms with van der Waals surface area (Å²) in [4.78, 5) is 37.8. The molecule has 3 atom stereocenters. The van der Waals surface area contributed by atoms with Crippen LogP contribution in [0.2, 0.25) is 0 Å². The second-order valence-corrected chi connectivity index (χ2v) is 27.2. The molecule has 480 valence electrons. The van der Waals surface area contributed by atoms with Gasteiger partial charge in [0.05, 0.1) is 33.8 Å². The lowest BCUT2D eigenvalue weighted by molar-refractivity contribution is -0.870. The van der Waals surface area contributed by atoms with Gasteiger partial charge in [0.1, 0.15) is 19.3 Å². The standard InChI is InChI=1S/C71H139N2O7P/c1-7-10-13-16-19-22-25-27-29-31-32-33-34-35-36-37-38-39-40-42-43-45-48-51-54-57-60-63-70(74)72-68(67-79-81(76,77)78-66-65-73(4,5)6)69(62-59-56-53-50-47-24-21-18-15-12-9-3)80-71(75)64-61-58-55-52-49-46-44-41-30-28-26-23-20-17-14-11-8-2/h27,29,59,62,68-69H,7-26,28,30-58,60-61,63-67H2,1-6H3,(H-,72,74,76,77)/p+1/b29-27+,62-59-. The molecule has 0 aromatic rings. The highest BCUT2D eigenvalue weighted by Gasteiger charge is 2.30. The highest BCUT2D eigenvalue weighted by Crippen LogP contribution is 2.43. The van der Waals surface area contributed by atoms with E-state index >= 15 is 0 Å². The molecule has 3 unspecified atom stereocenters. The zero-order valence-corrected chi connectivity index (χ0v) is 56.0. The molecule has 10 heteroatoms. The molecule has 0 heterocycles. The zero-order chi connectivity index (χ0) is 59.3. The van der Waals surface area contributed by atoms with Crippen molar-refractivity contribution in [1.29, 1.82) is 0 Å². The minimum absolute atomic E-state index is 0.0447. The van der Waals surface area contributed by atoms with Crippen LogP contribution in [-0.4, -0.2) is 74.3 Å². The molecule has 81 heavy (non-hydrogen) atoms. The Hall–Kier alpha value is -1.51. The van der Waals surface area contributed by atoms with E-state index in [9.17, 15) is 19.0 Å². The van der Waals surface area contributed by atoms with E-state index in [0.29, 0.717) is 23.9 Å². The van der Waals surface area contributed by atoms with Gasteiger partial charge in [0.15, 0.2) is 0 Å². The number of unbranched alkanes of at least 4 members (excludes halogenated alkanes) is 48. The number of hydrogen-bond donors (Lipinski definition) is 2. The fraction of sp³-hybridized carbons (Fsp3) is 0.915. The maximum atomic E-state index is 13.6. The van der Waals surface area contributed by atoms with E-state index in [1.54, 1.807) is 0 Å². The predicted molar refractivity (Wildman–Crippen MR) is 351 cm³/mol. The van der Waals surface area contributed by atoms with Crippen LogP contribution < -0.4 is 5.32 Å². The maximum absolute atomic E-state index is 13.6. The third-order valence-corrected chi connectivity index (χ3v) is 17.4. The van der Waals surface area contributed by atoms with Gasteiger partial charge in [-0.2, -0.15) is 0 Å². The van der Waals surface area contributed by atoms with Gasteiger partial charge >= 0.3 is 13.8 Å². The number of carbonyl (C=O) groups excluding carboxylic acids is 2. The highest BCUT2D eigenvalue weighted by atomic mass is 31.2. The summed E-state index contributed by atoms with van der Waals surface area (Å²) in [6.45, 7) is 7.07. The van der Waals surface area contributed by atoms with E-state index in [1.807, 2.05) is 33.3 Å². The van der Waals surface area contributed by atoms with Crippen molar-refractivity contribution in [3.05, 3.63) is 24.3 Å². The Kier molecular flexibility index (Phi) is 60.4. The number of ether oxygens (including phenoxy) is 1. The van der Waals surface area contributed by atoms with Gasteiger partial charge in [-0.15, -0.1) is 0 Å². The summed E-state index contributed by atoms with van der Waals surface area (Å²) >= 11 is 0. The minimum Gasteiger partial charge on any atom is -0.456 e. The Morgan fingerprint density at radius 1 is 0.420 bits per heavy atom. The van der Waals surface area contributed by atoms with Crippen LogP contribution in [0.1, 0.15) is 367 Å². The highest BCUT2D eigenvalue weighted by molar-refractivity contribution is 7.47. The second kappa shape index (κ2) is 61.6. The Bertz CT molecular complexity index is 1430. The summed E-state index contributed by atoms with van der Waals surface area (Å²) in [5.41, 5.74) is 0. The van der Waals surface area contributed by atoms with Crippen LogP contribution in [0, 0.1) is 0 Å². The number of carbonyl (C=O) groups is 2. The first-order valence-electron chi connectivity index (χ1n) is 35.7. The van der Waals surface area contributed by atoms with E-state index in [1.165, 1.54) is 276 Å². The van der Waals surface area contributed by atoms with Crippen molar-refractivity contribution >= 4 is 19.7 Å². The molecule has 0 radical (unpaired) electrons. The fourth-order valence-electron chi connectivity index (χ4n) is 10.9. The number of allylic oxidation sites excluding steroid dienone is 3. The SMILES string of the molecule is CCCCCCCC/C=C/CCCCCCCCCCCCCCCCCCCC(=O)NC(COP(=O)(O)OCC[N+](C)(C)C)C(/C=C\CCCCCCCCCCC)OC(=O)CCCCCCCCCCCCCCCCCCC. The van der Waals surface area contributed by atoms with E-state index in [0.717, 1.165) is 57.8 Å². The quantitative estimate of drug-likeness (QED) is 0.0205. The average molecular weight is 1160 g/mol.